The van der Waals surface area contributed by atoms with E-state index < -0.39 is 0 Å². The number of carbonyl (C=O) groups is 1. The van der Waals surface area contributed by atoms with Gasteiger partial charge in [-0.15, -0.1) is 0 Å². The summed E-state index contributed by atoms with van der Waals surface area (Å²) in [6.45, 7) is 6.51. The molecular formula is C16H23BrO3. The van der Waals surface area contributed by atoms with E-state index in [0.717, 1.165) is 29.5 Å². The maximum Gasteiger partial charge on any atom is 0.175 e. The van der Waals surface area contributed by atoms with Crippen LogP contribution in [0.15, 0.2) is 16.6 Å². The Hall–Kier alpha value is -1.03. The lowest BCUT2D eigenvalue weighted by molar-refractivity contribution is 0.112. The monoisotopic (exact) mass is 342 g/mol. The van der Waals surface area contributed by atoms with Gasteiger partial charge in [0.1, 0.15) is 6.29 Å². The van der Waals surface area contributed by atoms with Crippen LogP contribution < -0.4 is 9.47 Å². The van der Waals surface area contributed by atoms with Crippen molar-refractivity contribution in [2.75, 3.05) is 7.11 Å². The van der Waals surface area contributed by atoms with Gasteiger partial charge in [-0.3, -0.25) is 4.79 Å². The zero-order valence-corrected chi connectivity index (χ0v) is 14.2. The Kier molecular flexibility index (Phi) is 7.06. The molecule has 0 amide bonds. The normalized spacial score (nSPS) is 12.3. The van der Waals surface area contributed by atoms with E-state index in [4.69, 9.17) is 9.47 Å². The van der Waals surface area contributed by atoms with Crippen molar-refractivity contribution in [1.29, 1.82) is 0 Å². The number of aldehydes is 1. The number of hydrogen-bond donors (Lipinski definition) is 0. The van der Waals surface area contributed by atoms with Crippen LogP contribution in [0.2, 0.25) is 0 Å². The van der Waals surface area contributed by atoms with Crippen LogP contribution in [0.5, 0.6) is 11.5 Å². The van der Waals surface area contributed by atoms with Crippen molar-refractivity contribution in [1.82, 2.24) is 0 Å². The van der Waals surface area contributed by atoms with Gasteiger partial charge in [-0.05, 0) is 53.7 Å². The second-order valence-corrected chi connectivity index (χ2v) is 6.26. The van der Waals surface area contributed by atoms with Gasteiger partial charge in [-0.1, -0.05) is 20.3 Å². The molecule has 3 nitrogen and oxygen atoms in total. The van der Waals surface area contributed by atoms with Gasteiger partial charge in [0.2, 0.25) is 0 Å². The van der Waals surface area contributed by atoms with Gasteiger partial charge in [0.15, 0.2) is 11.5 Å². The molecule has 0 aromatic heterocycles. The van der Waals surface area contributed by atoms with Crippen molar-refractivity contribution in [2.45, 2.75) is 46.1 Å². The predicted molar refractivity (Wildman–Crippen MR) is 84.9 cm³/mol. The first kappa shape index (κ1) is 17.0. The molecule has 0 saturated carbocycles. The van der Waals surface area contributed by atoms with E-state index in [-0.39, 0.29) is 6.10 Å². The summed E-state index contributed by atoms with van der Waals surface area (Å²) >= 11 is 3.44. The lowest BCUT2D eigenvalue weighted by Gasteiger charge is -2.19. The lowest BCUT2D eigenvalue weighted by Crippen LogP contribution is -2.13. The van der Waals surface area contributed by atoms with Gasteiger partial charge in [0.05, 0.1) is 17.7 Å². The summed E-state index contributed by atoms with van der Waals surface area (Å²) in [6.07, 6.45) is 4.26. The maximum absolute atomic E-state index is 10.8. The number of halogens is 1. The highest BCUT2D eigenvalue weighted by Crippen LogP contribution is 2.37. The van der Waals surface area contributed by atoms with Crippen molar-refractivity contribution < 1.29 is 14.3 Å². The second-order valence-electron chi connectivity index (χ2n) is 5.41. The van der Waals surface area contributed by atoms with E-state index in [1.165, 1.54) is 6.42 Å². The van der Waals surface area contributed by atoms with E-state index >= 15 is 0 Å². The Morgan fingerprint density at radius 3 is 2.50 bits per heavy atom. The van der Waals surface area contributed by atoms with Gasteiger partial charge in [-0.25, -0.2) is 0 Å². The van der Waals surface area contributed by atoms with Gasteiger partial charge < -0.3 is 9.47 Å². The minimum absolute atomic E-state index is 0.112. The summed E-state index contributed by atoms with van der Waals surface area (Å²) in [7, 11) is 1.58. The average molecular weight is 343 g/mol. The highest BCUT2D eigenvalue weighted by atomic mass is 79.9. The quantitative estimate of drug-likeness (QED) is 0.632. The van der Waals surface area contributed by atoms with Crippen LogP contribution in [0.25, 0.3) is 0 Å². The molecule has 0 aliphatic heterocycles. The molecule has 0 fully saturated rings. The average Bonchev–Trinajstić information content (AvgIpc) is 2.40. The molecule has 1 atom stereocenters. The van der Waals surface area contributed by atoms with Gasteiger partial charge in [0, 0.05) is 5.56 Å². The highest BCUT2D eigenvalue weighted by Gasteiger charge is 2.14. The lowest BCUT2D eigenvalue weighted by atomic mass is 10.0. The highest BCUT2D eigenvalue weighted by molar-refractivity contribution is 9.10. The molecular weight excluding hydrogens is 320 g/mol. The zero-order valence-electron chi connectivity index (χ0n) is 12.6. The van der Waals surface area contributed by atoms with Crippen LogP contribution >= 0.6 is 15.9 Å². The third kappa shape index (κ3) is 5.16. The molecule has 0 N–H and O–H groups in total. The van der Waals surface area contributed by atoms with E-state index in [0.29, 0.717) is 17.1 Å². The van der Waals surface area contributed by atoms with Crippen molar-refractivity contribution in [3.8, 4) is 11.5 Å². The molecule has 1 rings (SSSR count). The van der Waals surface area contributed by atoms with Crippen molar-refractivity contribution in [3.05, 3.63) is 22.2 Å². The Labute approximate surface area is 129 Å². The summed E-state index contributed by atoms with van der Waals surface area (Å²) in [5.74, 6) is 1.96. The molecule has 1 unspecified atom stereocenters. The number of methoxy groups -OCH3 is 1. The van der Waals surface area contributed by atoms with Gasteiger partial charge in [-0.2, -0.15) is 0 Å². The van der Waals surface area contributed by atoms with E-state index in [1.54, 1.807) is 19.2 Å². The van der Waals surface area contributed by atoms with Gasteiger partial charge in [0.25, 0.3) is 0 Å². The molecule has 1 aromatic rings. The van der Waals surface area contributed by atoms with E-state index in [2.05, 4.69) is 36.7 Å². The van der Waals surface area contributed by atoms with Crippen LogP contribution in [0, 0.1) is 5.92 Å². The minimum atomic E-state index is 0.112. The first-order valence-corrected chi connectivity index (χ1v) is 7.76. The molecule has 0 aliphatic carbocycles. The number of carbonyl (C=O) groups excluding carboxylic acids is 1. The third-order valence-electron chi connectivity index (χ3n) is 3.10. The van der Waals surface area contributed by atoms with Gasteiger partial charge >= 0.3 is 0 Å². The van der Waals surface area contributed by atoms with Crippen LogP contribution in [-0.2, 0) is 0 Å². The fourth-order valence-corrected chi connectivity index (χ4v) is 2.55. The fraction of sp³-hybridized carbons (Fsp3) is 0.562. The summed E-state index contributed by atoms with van der Waals surface area (Å²) in [5, 5.41) is 0. The molecule has 0 radical (unpaired) electrons. The summed E-state index contributed by atoms with van der Waals surface area (Å²) < 4.78 is 12.0. The number of rotatable bonds is 8. The molecule has 20 heavy (non-hydrogen) atoms. The topological polar surface area (TPSA) is 35.5 Å². The number of benzene rings is 1. The predicted octanol–water partition coefficient (Wildman–Crippen LogP) is 4.86. The minimum Gasteiger partial charge on any atom is -0.493 e. The van der Waals surface area contributed by atoms with Crippen LogP contribution in [0.4, 0.5) is 0 Å². The summed E-state index contributed by atoms with van der Waals surface area (Å²) in [6, 6.07) is 3.43. The molecule has 4 heteroatoms. The zero-order chi connectivity index (χ0) is 15.1. The Morgan fingerprint density at radius 1 is 1.25 bits per heavy atom. The molecule has 0 heterocycles. The smallest absolute Gasteiger partial charge is 0.175 e. The third-order valence-corrected chi connectivity index (χ3v) is 3.69. The van der Waals surface area contributed by atoms with Crippen LogP contribution in [-0.4, -0.2) is 19.5 Å². The molecule has 0 saturated heterocycles. The Morgan fingerprint density at radius 2 is 1.95 bits per heavy atom. The van der Waals surface area contributed by atoms with Crippen molar-refractivity contribution >= 4 is 22.2 Å². The van der Waals surface area contributed by atoms with E-state index in [9.17, 15) is 4.79 Å². The van der Waals surface area contributed by atoms with Crippen LogP contribution in [0.1, 0.15) is 50.4 Å². The van der Waals surface area contributed by atoms with Crippen LogP contribution in [0.3, 0.4) is 0 Å². The Balaban J connectivity index is 2.73. The number of ether oxygens (including phenoxy) is 2. The molecule has 0 aliphatic rings. The molecule has 0 bridgehead atoms. The fourth-order valence-electron chi connectivity index (χ4n) is 2.00. The summed E-state index contributed by atoms with van der Waals surface area (Å²) in [5.41, 5.74) is 0.563. The standard InChI is InChI=1S/C16H23BrO3/c1-11(2)6-5-7-12(3)20-16-14(17)8-13(10-18)9-15(16)19-4/h8-12H,5-7H2,1-4H3. The first-order chi connectivity index (χ1) is 9.47. The molecule has 112 valence electrons. The van der Waals surface area contributed by atoms with Crippen molar-refractivity contribution in [3.63, 3.8) is 0 Å². The number of hydrogen-bond acceptors (Lipinski definition) is 3. The summed E-state index contributed by atoms with van der Waals surface area (Å²) in [4.78, 5) is 10.8. The largest absolute Gasteiger partial charge is 0.493 e. The molecule has 0 spiro atoms. The Bertz CT molecular complexity index is 444. The van der Waals surface area contributed by atoms with Crippen molar-refractivity contribution in [2.24, 2.45) is 5.92 Å². The maximum atomic E-state index is 10.8. The van der Waals surface area contributed by atoms with E-state index in [1.807, 2.05) is 0 Å². The molecule has 1 aromatic carbocycles. The second kappa shape index (κ2) is 8.30. The SMILES string of the molecule is COc1cc(C=O)cc(Br)c1OC(C)CCCC(C)C. The first-order valence-electron chi connectivity index (χ1n) is 6.97.